The molecule has 1 nitrogen and oxygen atoms in total. The van der Waals surface area contributed by atoms with Crippen molar-refractivity contribution >= 4 is 9.52 Å². The van der Waals surface area contributed by atoms with Crippen LogP contribution in [0.15, 0.2) is 54.6 Å². The van der Waals surface area contributed by atoms with E-state index in [9.17, 15) is 5.11 Å². The van der Waals surface area contributed by atoms with Crippen LogP contribution in [0.1, 0.15) is 0 Å². The number of aromatic hydroxyl groups is 1. The lowest BCUT2D eigenvalue weighted by atomic mass is 10.1. The topological polar surface area (TPSA) is 20.2 Å². The first kappa shape index (κ1) is 12.5. The van der Waals surface area contributed by atoms with E-state index < -0.39 is 0 Å². The summed E-state index contributed by atoms with van der Waals surface area (Å²) in [4.78, 5) is 0. The van der Waals surface area contributed by atoms with Crippen molar-refractivity contribution < 1.29 is 5.11 Å². The highest BCUT2D eigenvalue weighted by Crippen LogP contribution is 2.27. The Balaban J connectivity index is 0.000000386. The molecule has 2 heteroatoms. The fourth-order valence-corrected chi connectivity index (χ4v) is 1.34. The molecule has 0 radical (unpaired) electrons. The molecule has 0 aliphatic heterocycles. The van der Waals surface area contributed by atoms with Crippen LogP contribution < -0.4 is 0 Å². The Morgan fingerprint density at radius 2 is 1.31 bits per heavy atom. The van der Waals surface area contributed by atoms with Crippen LogP contribution in [0.4, 0.5) is 0 Å². The zero-order valence-electron chi connectivity index (χ0n) is 9.85. The Morgan fingerprint density at radius 1 is 0.812 bits per heavy atom. The fourth-order valence-electron chi connectivity index (χ4n) is 1.34. The van der Waals surface area contributed by atoms with Crippen LogP contribution in [0.2, 0.25) is 13.1 Å². The first-order valence-electron chi connectivity index (χ1n) is 5.63. The molecular formula is C14H18OSi. The molecule has 0 saturated carbocycles. The van der Waals surface area contributed by atoms with Gasteiger partial charge < -0.3 is 5.11 Å². The minimum Gasteiger partial charge on any atom is -0.507 e. The summed E-state index contributed by atoms with van der Waals surface area (Å²) < 4.78 is 0. The lowest BCUT2D eigenvalue weighted by Gasteiger charge is -2.02. The number of rotatable bonds is 1. The van der Waals surface area contributed by atoms with Gasteiger partial charge in [0, 0.05) is 15.1 Å². The van der Waals surface area contributed by atoms with Crippen molar-refractivity contribution in [3.8, 4) is 16.9 Å². The molecule has 84 valence electrons. The highest BCUT2D eigenvalue weighted by Gasteiger charge is 2.00. The van der Waals surface area contributed by atoms with Crippen molar-refractivity contribution in [2.75, 3.05) is 0 Å². The highest BCUT2D eigenvalue weighted by molar-refractivity contribution is 6.31. The molecule has 0 amide bonds. The van der Waals surface area contributed by atoms with E-state index in [1.165, 1.54) is 0 Å². The van der Waals surface area contributed by atoms with Gasteiger partial charge in [-0.05, 0) is 11.6 Å². The molecular weight excluding hydrogens is 212 g/mol. The molecule has 2 aromatic rings. The molecule has 0 spiro atoms. The van der Waals surface area contributed by atoms with Gasteiger partial charge in [-0.1, -0.05) is 61.6 Å². The lowest BCUT2D eigenvalue weighted by molar-refractivity contribution is 0.477. The third-order valence-electron chi connectivity index (χ3n) is 1.99. The Labute approximate surface area is 99.6 Å². The maximum Gasteiger partial charge on any atom is 0.123 e. The van der Waals surface area contributed by atoms with Gasteiger partial charge in [0.05, 0.1) is 0 Å². The van der Waals surface area contributed by atoms with Crippen molar-refractivity contribution in [2.24, 2.45) is 0 Å². The standard InChI is InChI=1S/C12H10O.C2H8Si/c13-12-9-5-4-8-11(12)10-6-2-1-3-7-10;1-3-2/h1-9,13H;3H2,1-2H3. The van der Waals surface area contributed by atoms with Gasteiger partial charge in [-0.25, -0.2) is 0 Å². The summed E-state index contributed by atoms with van der Waals surface area (Å²) in [5.41, 5.74) is 1.92. The molecule has 0 aromatic heterocycles. The van der Waals surface area contributed by atoms with Crippen LogP contribution in [-0.2, 0) is 0 Å². The second-order valence-electron chi connectivity index (χ2n) is 3.59. The first-order chi connectivity index (χ1) is 7.79. The normalized spacial score (nSPS) is 9.12. The van der Waals surface area contributed by atoms with Gasteiger partial charge in [0.1, 0.15) is 5.75 Å². The van der Waals surface area contributed by atoms with Gasteiger partial charge in [-0.2, -0.15) is 0 Å². The highest BCUT2D eigenvalue weighted by atomic mass is 28.2. The number of phenols is 1. The van der Waals surface area contributed by atoms with Gasteiger partial charge in [-0.3, -0.25) is 0 Å². The van der Waals surface area contributed by atoms with E-state index in [0.717, 1.165) is 11.1 Å². The van der Waals surface area contributed by atoms with Crippen LogP contribution in [0.25, 0.3) is 11.1 Å². The predicted molar refractivity (Wildman–Crippen MR) is 73.8 cm³/mol. The van der Waals surface area contributed by atoms with Crippen LogP contribution in [-0.4, -0.2) is 14.6 Å². The van der Waals surface area contributed by atoms with Gasteiger partial charge in [0.25, 0.3) is 0 Å². The molecule has 0 bridgehead atoms. The maximum atomic E-state index is 9.56. The zero-order chi connectivity index (χ0) is 11.8. The molecule has 0 heterocycles. The van der Waals surface area contributed by atoms with E-state index in [1.54, 1.807) is 6.07 Å². The molecule has 0 saturated heterocycles. The largest absolute Gasteiger partial charge is 0.507 e. The van der Waals surface area contributed by atoms with E-state index in [1.807, 2.05) is 48.5 Å². The van der Waals surface area contributed by atoms with Crippen molar-refractivity contribution in [2.45, 2.75) is 13.1 Å². The van der Waals surface area contributed by atoms with Crippen LogP contribution in [0, 0.1) is 0 Å². The summed E-state index contributed by atoms with van der Waals surface area (Å²) in [5.74, 6) is 0.328. The molecule has 0 aliphatic carbocycles. The summed E-state index contributed by atoms with van der Waals surface area (Å²) in [7, 11) is 0.417. The molecule has 1 N–H and O–H groups in total. The minimum atomic E-state index is 0.328. The summed E-state index contributed by atoms with van der Waals surface area (Å²) in [5, 5.41) is 9.56. The number of benzene rings is 2. The predicted octanol–water partition coefficient (Wildman–Crippen LogP) is 3.31. The van der Waals surface area contributed by atoms with E-state index in [2.05, 4.69) is 13.1 Å². The number of para-hydroxylation sites is 1. The van der Waals surface area contributed by atoms with E-state index in [0.29, 0.717) is 15.3 Å². The maximum absolute atomic E-state index is 9.56. The first-order valence-corrected chi connectivity index (χ1v) is 8.45. The van der Waals surface area contributed by atoms with Gasteiger partial charge in [0.2, 0.25) is 0 Å². The van der Waals surface area contributed by atoms with Gasteiger partial charge in [0.15, 0.2) is 0 Å². The average Bonchev–Trinajstić information content (AvgIpc) is 2.32. The van der Waals surface area contributed by atoms with Crippen LogP contribution in [0.5, 0.6) is 5.75 Å². The summed E-state index contributed by atoms with van der Waals surface area (Å²) in [6.45, 7) is 4.53. The third kappa shape index (κ3) is 3.55. The van der Waals surface area contributed by atoms with E-state index >= 15 is 0 Å². The second kappa shape index (κ2) is 6.85. The van der Waals surface area contributed by atoms with Gasteiger partial charge >= 0.3 is 0 Å². The number of phenolic OH excluding ortho intramolecular Hbond substituents is 1. The van der Waals surface area contributed by atoms with Crippen molar-refractivity contribution in [3.63, 3.8) is 0 Å². The molecule has 16 heavy (non-hydrogen) atoms. The molecule has 0 aliphatic rings. The SMILES string of the molecule is C[SiH2]C.Oc1ccccc1-c1ccccc1. The zero-order valence-corrected chi connectivity index (χ0v) is 11.3. The summed E-state index contributed by atoms with van der Waals surface area (Å²) in [6, 6.07) is 17.2. The quantitative estimate of drug-likeness (QED) is 0.745. The molecule has 2 rings (SSSR count). The molecule has 0 fully saturated rings. The van der Waals surface area contributed by atoms with Gasteiger partial charge in [-0.15, -0.1) is 0 Å². The molecule has 2 aromatic carbocycles. The van der Waals surface area contributed by atoms with Crippen molar-refractivity contribution in [1.82, 2.24) is 0 Å². The third-order valence-corrected chi connectivity index (χ3v) is 1.99. The Bertz CT molecular complexity index is 412. The molecule has 0 unspecified atom stereocenters. The van der Waals surface area contributed by atoms with Crippen molar-refractivity contribution in [1.29, 1.82) is 0 Å². The summed E-state index contributed by atoms with van der Waals surface area (Å²) in [6.07, 6.45) is 0. The second-order valence-corrected chi connectivity index (χ2v) is 5.00. The molecule has 0 atom stereocenters. The van der Waals surface area contributed by atoms with Crippen LogP contribution in [0.3, 0.4) is 0 Å². The number of hydrogen-bond acceptors (Lipinski definition) is 1. The van der Waals surface area contributed by atoms with E-state index in [-0.39, 0.29) is 0 Å². The monoisotopic (exact) mass is 230 g/mol. The smallest absolute Gasteiger partial charge is 0.123 e. The summed E-state index contributed by atoms with van der Waals surface area (Å²) >= 11 is 0. The van der Waals surface area contributed by atoms with Crippen molar-refractivity contribution in [3.05, 3.63) is 54.6 Å². The lowest BCUT2D eigenvalue weighted by Crippen LogP contribution is -1.76. The Kier molecular flexibility index (Phi) is 5.36. The average molecular weight is 230 g/mol. The number of hydrogen-bond donors (Lipinski definition) is 1. The van der Waals surface area contributed by atoms with Crippen LogP contribution >= 0.6 is 0 Å². The Hall–Kier alpha value is -1.54. The Morgan fingerprint density at radius 3 is 1.88 bits per heavy atom. The fraction of sp³-hybridized carbons (Fsp3) is 0.143. The van der Waals surface area contributed by atoms with E-state index in [4.69, 9.17) is 0 Å². The minimum absolute atomic E-state index is 0.328.